The van der Waals surface area contributed by atoms with E-state index in [-0.39, 0.29) is 5.82 Å². The molecule has 1 aliphatic heterocycles. The van der Waals surface area contributed by atoms with Crippen LogP contribution < -0.4 is 11.1 Å². The van der Waals surface area contributed by atoms with Crippen LogP contribution in [0.1, 0.15) is 12.8 Å². The molecule has 1 aromatic rings. The molecule has 0 atom stereocenters. The molecule has 2 rings (SSSR count). The third kappa shape index (κ3) is 3.12. The van der Waals surface area contributed by atoms with Crippen LogP contribution in [0.25, 0.3) is 0 Å². The van der Waals surface area contributed by atoms with E-state index in [1.165, 1.54) is 18.9 Å². The smallest absolute Gasteiger partial charge is 0.138 e. The second kappa shape index (κ2) is 5.55. The summed E-state index contributed by atoms with van der Waals surface area (Å²) in [5.41, 5.74) is 6.00. The van der Waals surface area contributed by atoms with Gasteiger partial charge in [0, 0.05) is 16.3 Å². The molecule has 1 aromatic carbocycles. The van der Waals surface area contributed by atoms with Crippen molar-refractivity contribution in [3.63, 3.8) is 0 Å². The van der Waals surface area contributed by atoms with Crippen molar-refractivity contribution in [3.8, 4) is 0 Å². The maximum atomic E-state index is 13.5. The number of anilines is 1. The van der Waals surface area contributed by atoms with Gasteiger partial charge in [-0.1, -0.05) is 0 Å². The molecule has 0 amide bonds. The van der Waals surface area contributed by atoms with Crippen LogP contribution in [0, 0.1) is 11.7 Å². The van der Waals surface area contributed by atoms with E-state index in [0.717, 1.165) is 18.8 Å². The van der Waals surface area contributed by atoms with Crippen molar-refractivity contribution in [3.05, 3.63) is 24.0 Å². The molecule has 1 saturated heterocycles. The fraction of sp³-hybridized carbons (Fsp3) is 0.500. The molecule has 0 aliphatic carbocycles. The van der Waals surface area contributed by atoms with Crippen LogP contribution in [0.15, 0.2) is 23.1 Å². The lowest BCUT2D eigenvalue weighted by Crippen LogP contribution is -2.28. The lowest BCUT2D eigenvalue weighted by atomic mass is 10.0. The van der Waals surface area contributed by atoms with Gasteiger partial charge in [-0.15, -0.1) is 11.8 Å². The molecule has 0 saturated carbocycles. The molecule has 0 spiro atoms. The third-order valence-corrected chi connectivity index (χ3v) is 4.17. The lowest BCUT2D eigenvalue weighted by molar-refractivity contribution is 0.407. The van der Waals surface area contributed by atoms with Crippen molar-refractivity contribution in [2.45, 2.75) is 17.7 Å². The number of nitrogen functional groups attached to an aromatic ring is 1. The SMILES string of the molecule is Nc1ccc(SCC2CCNCC2)c(F)c1. The van der Waals surface area contributed by atoms with Gasteiger partial charge >= 0.3 is 0 Å². The quantitative estimate of drug-likeness (QED) is 0.630. The minimum Gasteiger partial charge on any atom is -0.399 e. The fourth-order valence-corrected chi connectivity index (χ4v) is 3.00. The Morgan fingerprint density at radius 3 is 2.81 bits per heavy atom. The van der Waals surface area contributed by atoms with Gasteiger partial charge in [-0.3, -0.25) is 0 Å². The second-order valence-electron chi connectivity index (χ2n) is 4.19. The molecular formula is C12H17FN2S. The Morgan fingerprint density at radius 1 is 1.38 bits per heavy atom. The summed E-state index contributed by atoms with van der Waals surface area (Å²) in [4.78, 5) is 0.715. The first-order chi connectivity index (χ1) is 7.75. The number of nitrogens with two attached hydrogens (primary N) is 1. The topological polar surface area (TPSA) is 38.0 Å². The van der Waals surface area contributed by atoms with Gasteiger partial charge in [-0.2, -0.15) is 0 Å². The Hall–Kier alpha value is -0.740. The van der Waals surface area contributed by atoms with E-state index in [1.807, 2.05) is 0 Å². The van der Waals surface area contributed by atoms with Crippen molar-refractivity contribution in [1.82, 2.24) is 5.32 Å². The minimum atomic E-state index is -0.195. The number of thioether (sulfide) groups is 1. The Balaban J connectivity index is 1.88. The lowest BCUT2D eigenvalue weighted by Gasteiger charge is -2.22. The summed E-state index contributed by atoms with van der Waals surface area (Å²) in [7, 11) is 0. The molecule has 0 bridgehead atoms. The average Bonchev–Trinajstić information content (AvgIpc) is 2.29. The van der Waals surface area contributed by atoms with Crippen LogP contribution >= 0.6 is 11.8 Å². The second-order valence-corrected chi connectivity index (χ2v) is 5.26. The van der Waals surface area contributed by atoms with Crippen LogP contribution in [0.5, 0.6) is 0 Å². The molecule has 1 fully saturated rings. The molecule has 2 nitrogen and oxygen atoms in total. The van der Waals surface area contributed by atoms with E-state index in [2.05, 4.69) is 5.32 Å². The number of piperidine rings is 1. The van der Waals surface area contributed by atoms with E-state index >= 15 is 0 Å². The summed E-state index contributed by atoms with van der Waals surface area (Å²) in [5, 5.41) is 3.33. The highest BCUT2D eigenvalue weighted by Crippen LogP contribution is 2.27. The zero-order valence-corrected chi connectivity index (χ0v) is 10.0. The minimum absolute atomic E-state index is 0.195. The van der Waals surface area contributed by atoms with Gasteiger partial charge in [-0.05, 0) is 50.0 Å². The van der Waals surface area contributed by atoms with Gasteiger partial charge in [0.15, 0.2) is 0 Å². The highest BCUT2D eigenvalue weighted by atomic mass is 32.2. The molecule has 1 heterocycles. The Labute approximate surface area is 99.8 Å². The number of hydrogen-bond acceptors (Lipinski definition) is 3. The zero-order valence-electron chi connectivity index (χ0n) is 9.21. The summed E-state index contributed by atoms with van der Waals surface area (Å²) in [6.45, 7) is 2.19. The van der Waals surface area contributed by atoms with E-state index in [4.69, 9.17) is 5.73 Å². The highest BCUT2D eigenvalue weighted by molar-refractivity contribution is 7.99. The van der Waals surface area contributed by atoms with Crippen LogP contribution in [-0.2, 0) is 0 Å². The first-order valence-electron chi connectivity index (χ1n) is 5.64. The van der Waals surface area contributed by atoms with E-state index in [0.29, 0.717) is 16.5 Å². The standard InChI is InChI=1S/C12H17FN2S/c13-11-7-10(14)1-2-12(11)16-8-9-3-5-15-6-4-9/h1-2,7,9,15H,3-6,8,14H2. The molecule has 0 aromatic heterocycles. The van der Waals surface area contributed by atoms with E-state index < -0.39 is 0 Å². The molecule has 0 unspecified atom stereocenters. The Kier molecular flexibility index (Phi) is 4.07. The molecule has 1 aliphatic rings. The van der Waals surface area contributed by atoms with Crippen LogP contribution in [0.3, 0.4) is 0 Å². The van der Waals surface area contributed by atoms with Gasteiger partial charge in [0.25, 0.3) is 0 Å². The maximum absolute atomic E-state index is 13.5. The number of benzene rings is 1. The molecule has 3 N–H and O–H groups in total. The van der Waals surface area contributed by atoms with Crippen LogP contribution in [0.2, 0.25) is 0 Å². The van der Waals surface area contributed by atoms with Crippen LogP contribution in [-0.4, -0.2) is 18.8 Å². The zero-order chi connectivity index (χ0) is 11.4. The maximum Gasteiger partial charge on any atom is 0.138 e. The summed E-state index contributed by atoms with van der Waals surface area (Å²) in [5.74, 6) is 1.52. The predicted molar refractivity (Wildman–Crippen MR) is 67.1 cm³/mol. The van der Waals surface area contributed by atoms with Crippen molar-refractivity contribution in [1.29, 1.82) is 0 Å². The Morgan fingerprint density at radius 2 is 2.12 bits per heavy atom. The summed E-state index contributed by atoms with van der Waals surface area (Å²) >= 11 is 1.60. The van der Waals surface area contributed by atoms with Crippen molar-refractivity contribution >= 4 is 17.4 Å². The van der Waals surface area contributed by atoms with Crippen molar-refractivity contribution < 1.29 is 4.39 Å². The van der Waals surface area contributed by atoms with Gasteiger partial charge in [-0.25, -0.2) is 4.39 Å². The van der Waals surface area contributed by atoms with Crippen molar-refractivity contribution in [2.75, 3.05) is 24.6 Å². The molecule has 4 heteroatoms. The van der Waals surface area contributed by atoms with Gasteiger partial charge in [0.2, 0.25) is 0 Å². The normalized spacial score (nSPS) is 17.6. The van der Waals surface area contributed by atoms with Gasteiger partial charge in [0.1, 0.15) is 5.82 Å². The third-order valence-electron chi connectivity index (χ3n) is 2.89. The van der Waals surface area contributed by atoms with Crippen LogP contribution in [0.4, 0.5) is 10.1 Å². The average molecular weight is 240 g/mol. The Bertz CT molecular complexity index is 351. The molecular weight excluding hydrogens is 223 g/mol. The first-order valence-corrected chi connectivity index (χ1v) is 6.63. The monoisotopic (exact) mass is 240 g/mol. The molecule has 0 radical (unpaired) electrons. The molecule has 88 valence electrons. The highest BCUT2D eigenvalue weighted by Gasteiger charge is 2.14. The first kappa shape index (κ1) is 11.7. The summed E-state index contributed by atoms with van der Waals surface area (Å²) in [6.07, 6.45) is 2.40. The van der Waals surface area contributed by atoms with Gasteiger partial charge in [0.05, 0.1) is 0 Å². The largest absolute Gasteiger partial charge is 0.399 e. The fourth-order valence-electron chi connectivity index (χ4n) is 1.89. The number of halogens is 1. The van der Waals surface area contributed by atoms with Gasteiger partial charge < -0.3 is 11.1 Å². The summed E-state index contributed by atoms with van der Waals surface area (Å²) < 4.78 is 13.5. The number of hydrogen-bond donors (Lipinski definition) is 2. The predicted octanol–water partition coefficient (Wildman–Crippen LogP) is 2.50. The van der Waals surface area contributed by atoms with E-state index in [1.54, 1.807) is 23.9 Å². The molecule has 16 heavy (non-hydrogen) atoms. The van der Waals surface area contributed by atoms with Crippen molar-refractivity contribution in [2.24, 2.45) is 5.92 Å². The number of nitrogens with one attached hydrogen (secondary N) is 1. The van der Waals surface area contributed by atoms with E-state index in [9.17, 15) is 4.39 Å². The summed E-state index contributed by atoms with van der Waals surface area (Å²) in [6, 6.07) is 4.93. The number of rotatable bonds is 3.